The van der Waals surface area contributed by atoms with E-state index in [2.05, 4.69) is 15.0 Å². The molecule has 2 heterocycles. The van der Waals surface area contributed by atoms with Crippen molar-refractivity contribution in [3.63, 3.8) is 0 Å². The summed E-state index contributed by atoms with van der Waals surface area (Å²) in [6.45, 7) is 5.83. The van der Waals surface area contributed by atoms with E-state index in [0.29, 0.717) is 23.6 Å². The number of likely N-dealkylation sites (N-methyl/N-ethyl adjacent to an activating group) is 1. The number of thiazole rings is 1. The third-order valence-electron chi connectivity index (χ3n) is 3.16. The number of rotatable bonds is 4. The number of carbonyl (C=O) groups excluding carboxylic acids is 1. The van der Waals surface area contributed by atoms with E-state index in [0.717, 1.165) is 10.7 Å². The Morgan fingerprint density at radius 2 is 2.05 bits per heavy atom. The van der Waals surface area contributed by atoms with Gasteiger partial charge >= 0.3 is 0 Å². The lowest BCUT2D eigenvalue weighted by Crippen LogP contribution is -2.31. The van der Waals surface area contributed by atoms with Gasteiger partial charge in [0.05, 0.1) is 23.7 Å². The smallest absolute Gasteiger partial charge is 0.254 e. The molecule has 112 valence electrons. The molecule has 0 saturated carbocycles. The van der Waals surface area contributed by atoms with E-state index in [9.17, 15) is 9.59 Å². The molecule has 0 aliphatic rings. The van der Waals surface area contributed by atoms with E-state index in [1.54, 1.807) is 37.1 Å². The average molecular weight is 306 g/mol. The molecular weight excluding hydrogens is 288 g/mol. The van der Waals surface area contributed by atoms with Gasteiger partial charge in [0.1, 0.15) is 5.82 Å². The number of hydrogen-bond donors (Lipinski definition) is 1. The number of aromatic amines is 1. The molecule has 0 aliphatic heterocycles. The molecule has 2 aromatic heterocycles. The predicted octanol–water partition coefficient (Wildman–Crippen LogP) is 1.35. The van der Waals surface area contributed by atoms with Gasteiger partial charge in [0, 0.05) is 23.7 Å². The van der Waals surface area contributed by atoms with Crippen molar-refractivity contribution in [1.82, 2.24) is 19.9 Å². The summed E-state index contributed by atoms with van der Waals surface area (Å²) < 4.78 is 0. The van der Waals surface area contributed by atoms with Crippen LogP contribution in [-0.4, -0.2) is 32.8 Å². The molecule has 6 nitrogen and oxygen atoms in total. The average Bonchev–Trinajstić information content (AvgIpc) is 2.78. The summed E-state index contributed by atoms with van der Waals surface area (Å²) in [5.41, 5.74) is 1.64. The van der Waals surface area contributed by atoms with Gasteiger partial charge < -0.3 is 9.88 Å². The fourth-order valence-corrected chi connectivity index (χ4v) is 2.66. The van der Waals surface area contributed by atoms with Gasteiger partial charge in [0.15, 0.2) is 0 Å². The first-order valence-electron chi connectivity index (χ1n) is 6.58. The topological polar surface area (TPSA) is 79.0 Å². The number of nitrogens with zero attached hydrogens (tertiary/aromatic N) is 3. The lowest BCUT2D eigenvalue weighted by Gasteiger charge is -2.16. The Labute approximate surface area is 126 Å². The van der Waals surface area contributed by atoms with Crippen LogP contribution in [0.1, 0.15) is 27.8 Å². The minimum Gasteiger partial charge on any atom is -0.340 e. The Hall–Kier alpha value is -2.02. The normalized spacial score (nSPS) is 10.7. The van der Waals surface area contributed by atoms with Crippen LogP contribution in [0.15, 0.2) is 10.2 Å². The van der Waals surface area contributed by atoms with Gasteiger partial charge in [-0.2, -0.15) is 0 Å². The molecule has 7 heteroatoms. The summed E-state index contributed by atoms with van der Waals surface area (Å²) >= 11 is 1.55. The van der Waals surface area contributed by atoms with Gasteiger partial charge in [0.25, 0.3) is 5.56 Å². The maximum atomic E-state index is 12.2. The molecule has 0 radical (unpaired) electrons. The Bertz CT molecular complexity index is 720. The van der Waals surface area contributed by atoms with Crippen molar-refractivity contribution in [2.45, 2.75) is 33.7 Å². The van der Waals surface area contributed by atoms with Crippen LogP contribution in [0.25, 0.3) is 0 Å². The lowest BCUT2D eigenvalue weighted by molar-refractivity contribution is -0.129. The first-order valence-corrected chi connectivity index (χ1v) is 7.46. The fraction of sp³-hybridized carbons (Fsp3) is 0.429. The molecule has 0 fully saturated rings. The van der Waals surface area contributed by atoms with Gasteiger partial charge in [-0.05, 0) is 20.8 Å². The highest BCUT2D eigenvalue weighted by molar-refractivity contribution is 7.09. The Morgan fingerprint density at radius 3 is 2.62 bits per heavy atom. The zero-order valence-corrected chi connectivity index (χ0v) is 13.4. The molecule has 21 heavy (non-hydrogen) atoms. The van der Waals surface area contributed by atoms with Crippen molar-refractivity contribution in [1.29, 1.82) is 0 Å². The van der Waals surface area contributed by atoms with E-state index in [1.165, 1.54) is 0 Å². The van der Waals surface area contributed by atoms with Crippen LogP contribution in [0.4, 0.5) is 0 Å². The van der Waals surface area contributed by atoms with Crippen LogP contribution >= 0.6 is 11.3 Å². The first-order chi connectivity index (χ1) is 9.86. The van der Waals surface area contributed by atoms with E-state index < -0.39 is 0 Å². The molecule has 1 amide bonds. The molecular formula is C14H18N4O2S. The van der Waals surface area contributed by atoms with E-state index in [-0.39, 0.29) is 17.9 Å². The fourth-order valence-electron chi connectivity index (χ4n) is 2.06. The van der Waals surface area contributed by atoms with Crippen LogP contribution in [0.3, 0.4) is 0 Å². The van der Waals surface area contributed by atoms with E-state index in [1.807, 2.05) is 12.3 Å². The Morgan fingerprint density at radius 1 is 1.33 bits per heavy atom. The van der Waals surface area contributed by atoms with Crippen molar-refractivity contribution in [3.8, 4) is 0 Å². The second kappa shape index (κ2) is 6.17. The van der Waals surface area contributed by atoms with Gasteiger partial charge in [-0.3, -0.25) is 9.59 Å². The molecule has 0 saturated heterocycles. The summed E-state index contributed by atoms with van der Waals surface area (Å²) in [6, 6.07) is 0. The Balaban J connectivity index is 2.09. The molecule has 1 N–H and O–H groups in total. The SMILES string of the molecule is Cc1nc(C)c(CC(=O)N(C)Cc2csc(C)n2)c(=O)[nH]1. The molecule has 0 spiro atoms. The molecule has 0 aromatic carbocycles. The quantitative estimate of drug-likeness (QED) is 0.925. The van der Waals surface area contributed by atoms with Crippen LogP contribution in [0, 0.1) is 20.8 Å². The van der Waals surface area contributed by atoms with Gasteiger partial charge in [-0.25, -0.2) is 9.97 Å². The number of amides is 1. The second-order valence-electron chi connectivity index (χ2n) is 5.00. The number of nitrogens with one attached hydrogen (secondary N) is 1. The monoisotopic (exact) mass is 306 g/mol. The first kappa shape index (κ1) is 15.4. The summed E-state index contributed by atoms with van der Waals surface area (Å²) in [4.78, 5) is 36.9. The zero-order chi connectivity index (χ0) is 15.6. The van der Waals surface area contributed by atoms with Crippen LogP contribution in [0.2, 0.25) is 0 Å². The summed E-state index contributed by atoms with van der Waals surface area (Å²) in [5, 5.41) is 2.91. The number of aromatic nitrogens is 3. The second-order valence-corrected chi connectivity index (χ2v) is 6.06. The molecule has 0 unspecified atom stereocenters. The predicted molar refractivity (Wildman–Crippen MR) is 81.4 cm³/mol. The molecule has 2 aromatic rings. The lowest BCUT2D eigenvalue weighted by atomic mass is 10.1. The number of carbonyl (C=O) groups is 1. The molecule has 0 atom stereocenters. The minimum absolute atomic E-state index is 0.0497. The van der Waals surface area contributed by atoms with Crippen molar-refractivity contribution >= 4 is 17.2 Å². The van der Waals surface area contributed by atoms with Gasteiger partial charge in [-0.1, -0.05) is 0 Å². The molecule has 0 bridgehead atoms. The highest BCUT2D eigenvalue weighted by Gasteiger charge is 2.16. The summed E-state index contributed by atoms with van der Waals surface area (Å²) in [5.74, 6) is 0.430. The molecule has 2 rings (SSSR count). The number of aryl methyl sites for hydroxylation is 3. The third kappa shape index (κ3) is 3.75. The zero-order valence-electron chi connectivity index (χ0n) is 12.6. The molecule has 0 aliphatic carbocycles. The highest BCUT2D eigenvalue weighted by Crippen LogP contribution is 2.10. The van der Waals surface area contributed by atoms with Crippen molar-refractivity contribution in [3.05, 3.63) is 43.5 Å². The highest BCUT2D eigenvalue weighted by atomic mass is 32.1. The van der Waals surface area contributed by atoms with Crippen LogP contribution < -0.4 is 5.56 Å². The number of H-pyrrole nitrogens is 1. The van der Waals surface area contributed by atoms with Crippen LogP contribution in [-0.2, 0) is 17.8 Å². The Kier molecular flexibility index (Phi) is 4.52. The van der Waals surface area contributed by atoms with E-state index >= 15 is 0 Å². The minimum atomic E-state index is -0.244. The standard InChI is InChI=1S/C14H18N4O2S/c1-8-12(14(20)16-9(2)15-8)5-13(19)18(4)6-11-7-21-10(3)17-11/h7H,5-6H2,1-4H3,(H,15,16,20). The van der Waals surface area contributed by atoms with E-state index in [4.69, 9.17) is 0 Å². The summed E-state index contributed by atoms with van der Waals surface area (Å²) in [6.07, 6.45) is 0.0497. The summed E-state index contributed by atoms with van der Waals surface area (Å²) in [7, 11) is 1.71. The van der Waals surface area contributed by atoms with Crippen LogP contribution in [0.5, 0.6) is 0 Å². The van der Waals surface area contributed by atoms with Crippen molar-refractivity contribution in [2.24, 2.45) is 0 Å². The van der Waals surface area contributed by atoms with Crippen molar-refractivity contribution in [2.75, 3.05) is 7.05 Å². The number of hydrogen-bond acceptors (Lipinski definition) is 5. The van der Waals surface area contributed by atoms with Gasteiger partial charge in [0.2, 0.25) is 5.91 Å². The third-order valence-corrected chi connectivity index (χ3v) is 3.98. The largest absolute Gasteiger partial charge is 0.340 e. The maximum Gasteiger partial charge on any atom is 0.254 e. The van der Waals surface area contributed by atoms with Gasteiger partial charge in [-0.15, -0.1) is 11.3 Å². The van der Waals surface area contributed by atoms with Crippen molar-refractivity contribution < 1.29 is 4.79 Å². The maximum absolute atomic E-state index is 12.2.